The summed E-state index contributed by atoms with van der Waals surface area (Å²) in [4.78, 5) is 10.6. The average molecular weight is 146 g/mol. The Kier molecular flexibility index (Phi) is 1.92. The molecule has 4 heteroatoms. The summed E-state index contributed by atoms with van der Waals surface area (Å²) in [6.07, 6.45) is 0.311. The quantitative estimate of drug-likeness (QED) is 0.437. The number of epoxide rings is 1. The Morgan fingerprint density at radius 3 is 2.80 bits per heavy atom. The highest BCUT2D eigenvalue weighted by Crippen LogP contribution is 2.27. The summed E-state index contributed by atoms with van der Waals surface area (Å²) in [5.41, 5.74) is 0. The summed E-state index contributed by atoms with van der Waals surface area (Å²) in [7, 11) is 0. The topological polar surface area (TPSA) is 59.1 Å². The lowest BCUT2D eigenvalue weighted by Gasteiger charge is -2.07. The van der Waals surface area contributed by atoms with Crippen molar-refractivity contribution in [2.24, 2.45) is 0 Å². The van der Waals surface area contributed by atoms with Gasteiger partial charge in [0.05, 0.1) is 0 Å². The summed E-state index contributed by atoms with van der Waals surface area (Å²) < 4.78 is 9.46. The number of hydrogen-bond acceptors (Lipinski definition) is 4. The van der Waals surface area contributed by atoms with Crippen molar-refractivity contribution in [1.82, 2.24) is 0 Å². The Bertz CT molecular complexity index is 139. The van der Waals surface area contributed by atoms with Crippen LogP contribution in [0.4, 0.5) is 0 Å². The molecule has 0 aromatic carbocycles. The van der Waals surface area contributed by atoms with E-state index in [9.17, 15) is 4.79 Å². The van der Waals surface area contributed by atoms with Crippen molar-refractivity contribution >= 4 is 5.97 Å². The normalized spacial score (nSPS) is 29.8. The van der Waals surface area contributed by atoms with Crippen molar-refractivity contribution in [2.45, 2.75) is 19.1 Å². The van der Waals surface area contributed by atoms with Gasteiger partial charge in [0, 0.05) is 6.42 Å². The third kappa shape index (κ3) is 1.46. The van der Waals surface area contributed by atoms with Crippen molar-refractivity contribution in [3.05, 3.63) is 0 Å². The molecule has 0 aliphatic carbocycles. The third-order valence-corrected chi connectivity index (χ3v) is 1.30. The minimum atomic E-state index is -0.979. The van der Waals surface area contributed by atoms with E-state index >= 15 is 0 Å². The number of aliphatic hydroxyl groups is 1. The van der Waals surface area contributed by atoms with Crippen LogP contribution in [0.2, 0.25) is 0 Å². The molecule has 1 aliphatic heterocycles. The molecule has 0 bridgehead atoms. The zero-order valence-electron chi connectivity index (χ0n) is 5.79. The Morgan fingerprint density at radius 1 is 1.90 bits per heavy atom. The van der Waals surface area contributed by atoms with Crippen molar-refractivity contribution < 1.29 is 19.4 Å². The molecular weight excluding hydrogens is 136 g/mol. The van der Waals surface area contributed by atoms with Gasteiger partial charge < -0.3 is 14.6 Å². The first-order valence-corrected chi connectivity index (χ1v) is 3.19. The van der Waals surface area contributed by atoms with E-state index in [1.165, 1.54) is 0 Å². The van der Waals surface area contributed by atoms with E-state index in [2.05, 4.69) is 0 Å². The summed E-state index contributed by atoms with van der Waals surface area (Å²) in [6.45, 7) is 1.75. The Balaban J connectivity index is 2.30. The molecule has 0 aromatic rings. The van der Waals surface area contributed by atoms with Crippen LogP contribution in [-0.2, 0) is 14.3 Å². The van der Waals surface area contributed by atoms with Gasteiger partial charge in [0.1, 0.15) is 13.2 Å². The zero-order chi connectivity index (χ0) is 7.61. The van der Waals surface area contributed by atoms with Crippen molar-refractivity contribution in [3.63, 3.8) is 0 Å². The lowest BCUT2D eigenvalue weighted by molar-refractivity contribution is -0.162. The van der Waals surface area contributed by atoms with Gasteiger partial charge >= 0.3 is 5.97 Å². The molecule has 1 N–H and O–H groups in total. The van der Waals surface area contributed by atoms with Crippen LogP contribution in [0.25, 0.3) is 0 Å². The number of rotatable bonds is 3. The van der Waals surface area contributed by atoms with Crippen LogP contribution in [0.3, 0.4) is 0 Å². The highest BCUT2D eigenvalue weighted by atomic mass is 16.8. The standard InChI is InChI=1S/C6H10O4/c1-2-5(8)10-6(3-7)4-9-6/h7H,2-4H2,1H3/t6-/m0/s1. The smallest absolute Gasteiger partial charge is 0.308 e. The summed E-state index contributed by atoms with van der Waals surface area (Å²) in [5, 5.41) is 8.60. The van der Waals surface area contributed by atoms with E-state index in [0.29, 0.717) is 13.0 Å². The Morgan fingerprint density at radius 2 is 2.50 bits per heavy atom. The number of hydrogen-bond donors (Lipinski definition) is 1. The van der Waals surface area contributed by atoms with E-state index in [4.69, 9.17) is 14.6 Å². The monoisotopic (exact) mass is 146 g/mol. The van der Waals surface area contributed by atoms with Gasteiger partial charge in [-0.15, -0.1) is 0 Å². The van der Waals surface area contributed by atoms with E-state index < -0.39 is 5.79 Å². The minimum Gasteiger partial charge on any atom is -0.428 e. The summed E-state index contributed by atoms with van der Waals surface area (Å²) in [5.74, 6) is -1.32. The molecule has 0 amide bonds. The van der Waals surface area contributed by atoms with Crippen LogP contribution in [-0.4, -0.2) is 30.1 Å². The molecule has 0 unspecified atom stereocenters. The predicted molar refractivity (Wildman–Crippen MR) is 32.2 cm³/mol. The molecule has 0 spiro atoms. The van der Waals surface area contributed by atoms with Gasteiger partial charge in [-0.05, 0) is 0 Å². The Labute approximate surface area is 58.7 Å². The molecule has 1 heterocycles. The molecule has 58 valence electrons. The predicted octanol–water partition coefficient (Wildman–Crippen LogP) is -0.342. The second-order valence-electron chi connectivity index (χ2n) is 2.19. The summed E-state index contributed by atoms with van der Waals surface area (Å²) in [6, 6.07) is 0. The van der Waals surface area contributed by atoms with Gasteiger partial charge in [-0.2, -0.15) is 0 Å². The van der Waals surface area contributed by atoms with E-state index in [0.717, 1.165) is 0 Å². The lowest BCUT2D eigenvalue weighted by atomic mass is 10.4. The highest BCUT2D eigenvalue weighted by molar-refractivity contribution is 5.69. The Hall–Kier alpha value is -0.610. The second-order valence-corrected chi connectivity index (χ2v) is 2.19. The van der Waals surface area contributed by atoms with Crippen LogP contribution in [0.1, 0.15) is 13.3 Å². The second kappa shape index (κ2) is 2.56. The zero-order valence-corrected chi connectivity index (χ0v) is 5.79. The van der Waals surface area contributed by atoms with Gasteiger partial charge in [0.2, 0.25) is 0 Å². The molecular formula is C6H10O4. The number of carbonyl (C=O) groups excluding carboxylic acids is 1. The van der Waals surface area contributed by atoms with E-state index in [1.54, 1.807) is 6.92 Å². The lowest BCUT2D eigenvalue weighted by Crippen LogP contribution is -2.24. The fourth-order valence-corrected chi connectivity index (χ4v) is 0.543. The molecule has 1 saturated heterocycles. The van der Waals surface area contributed by atoms with Crippen LogP contribution >= 0.6 is 0 Å². The van der Waals surface area contributed by atoms with Gasteiger partial charge in [-0.25, -0.2) is 0 Å². The maximum atomic E-state index is 10.6. The van der Waals surface area contributed by atoms with Crippen LogP contribution < -0.4 is 0 Å². The molecule has 0 radical (unpaired) electrons. The van der Waals surface area contributed by atoms with Crippen LogP contribution in [0, 0.1) is 0 Å². The minimum absolute atomic E-state index is 0.251. The average Bonchev–Trinajstić information content (AvgIpc) is 2.70. The fourth-order valence-electron chi connectivity index (χ4n) is 0.543. The van der Waals surface area contributed by atoms with Gasteiger partial charge in [0.15, 0.2) is 0 Å². The van der Waals surface area contributed by atoms with Crippen LogP contribution in [0.15, 0.2) is 0 Å². The number of esters is 1. The molecule has 1 atom stereocenters. The van der Waals surface area contributed by atoms with E-state index in [-0.39, 0.29) is 12.6 Å². The number of carbonyl (C=O) groups is 1. The largest absolute Gasteiger partial charge is 0.428 e. The maximum Gasteiger partial charge on any atom is 0.308 e. The number of aliphatic hydroxyl groups excluding tert-OH is 1. The molecule has 10 heavy (non-hydrogen) atoms. The molecule has 0 saturated carbocycles. The SMILES string of the molecule is CCC(=O)O[C@@]1(CO)CO1. The summed E-state index contributed by atoms with van der Waals surface area (Å²) >= 11 is 0. The molecule has 1 aliphatic rings. The molecule has 1 fully saturated rings. The van der Waals surface area contributed by atoms with Gasteiger partial charge in [-0.3, -0.25) is 4.79 Å². The fraction of sp³-hybridized carbons (Fsp3) is 0.833. The molecule has 4 nitrogen and oxygen atoms in total. The highest BCUT2D eigenvalue weighted by Gasteiger charge is 2.48. The first kappa shape index (κ1) is 7.50. The third-order valence-electron chi connectivity index (χ3n) is 1.30. The van der Waals surface area contributed by atoms with Gasteiger partial charge in [0.25, 0.3) is 5.79 Å². The molecule has 1 rings (SSSR count). The van der Waals surface area contributed by atoms with Crippen LogP contribution in [0.5, 0.6) is 0 Å². The van der Waals surface area contributed by atoms with Crippen molar-refractivity contribution in [2.75, 3.05) is 13.2 Å². The number of ether oxygens (including phenoxy) is 2. The first-order chi connectivity index (χ1) is 4.72. The maximum absolute atomic E-state index is 10.6. The van der Waals surface area contributed by atoms with E-state index in [1.807, 2.05) is 0 Å². The molecule has 0 aromatic heterocycles. The van der Waals surface area contributed by atoms with Crippen molar-refractivity contribution in [1.29, 1.82) is 0 Å². The van der Waals surface area contributed by atoms with Crippen molar-refractivity contribution in [3.8, 4) is 0 Å². The first-order valence-electron chi connectivity index (χ1n) is 3.19. The van der Waals surface area contributed by atoms with Gasteiger partial charge in [-0.1, -0.05) is 6.92 Å².